The van der Waals surface area contributed by atoms with Crippen LogP contribution in [-0.4, -0.2) is 16.2 Å². The summed E-state index contributed by atoms with van der Waals surface area (Å²) in [6.07, 6.45) is 0. The average Bonchev–Trinajstić information content (AvgIpc) is 1.65. The molecule has 0 aromatic rings. The lowest BCUT2D eigenvalue weighted by molar-refractivity contribution is 0.318. The van der Waals surface area contributed by atoms with Gasteiger partial charge in [-0.3, -0.25) is 0 Å². The molecule has 0 saturated carbocycles. The van der Waals surface area contributed by atoms with Gasteiger partial charge >= 0.3 is 0 Å². The van der Waals surface area contributed by atoms with E-state index in [0.717, 1.165) is 0 Å². The Kier molecular flexibility index (Phi) is 3.13. The van der Waals surface area contributed by atoms with E-state index in [-0.39, 0.29) is 0 Å². The Hall–Kier alpha value is -0.0500. The Balaban J connectivity index is 3.22. The topological polar surface area (TPSA) is 32.6 Å². The minimum atomic E-state index is 0.642. The second-order valence-corrected chi connectivity index (χ2v) is 1.53. The summed E-state index contributed by atoms with van der Waals surface area (Å²) in [6.45, 7) is 1.73. The molecule has 0 atom stereocenters. The van der Waals surface area contributed by atoms with Gasteiger partial charge in [0.2, 0.25) is 0 Å². The number of oxime groups is 1. The second kappa shape index (κ2) is 3.15. The van der Waals surface area contributed by atoms with Gasteiger partial charge < -0.3 is 5.21 Å². The van der Waals surface area contributed by atoms with Crippen LogP contribution in [0.5, 0.6) is 0 Å². The van der Waals surface area contributed by atoms with Gasteiger partial charge in [-0.25, -0.2) is 0 Å². The predicted octanol–water partition coefficient (Wildman–Crippen LogP) is 1.23. The van der Waals surface area contributed by atoms with Crippen LogP contribution in [0.1, 0.15) is 6.92 Å². The summed E-state index contributed by atoms with van der Waals surface area (Å²) in [5.74, 6) is 0. The van der Waals surface area contributed by atoms with Crippen LogP contribution in [-0.2, 0) is 0 Å². The molecule has 0 aromatic carbocycles. The van der Waals surface area contributed by atoms with Crippen LogP contribution in [0.15, 0.2) is 5.16 Å². The number of hydrogen-bond donors (Lipinski definition) is 1. The third kappa shape index (κ3) is 2.20. The van der Waals surface area contributed by atoms with Crippen LogP contribution in [0, 0.1) is 0 Å². The fourth-order valence-electron chi connectivity index (χ4n) is 0.0267. The number of halogens is 1. The van der Waals surface area contributed by atoms with Crippen molar-refractivity contribution in [3.05, 3.63) is 0 Å². The molecule has 2 nitrogen and oxygen atoms in total. The van der Waals surface area contributed by atoms with Crippen molar-refractivity contribution in [2.75, 3.05) is 5.33 Å². The maximum atomic E-state index is 7.89. The Morgan fingerprint density at radius 3 is 2.50 bits per heavy atom. The largest absolute Gasteiger partial charge is 0.411 e. The number of nitrogens with zero attached hydrogens (tertiary/aromatic N) is 1. The molecular formula is C3H6BrNO. The molecule has 0 bridgehead atoms. The van der Waals surface area contributed by atoms with Crippen molar-refractivity contribution in [2.24, 2.45) is 5.16 Å². The van der Waals surface area contributed by atoms with Gasteiger partial charge in [-0.05, 0) is 6.92 Å². The summed E-state index contributed by atoms with van der Waals surface area (Å²) >= 11 is 3.08. The van der Waals surface area contributed by atoms with Crippen molar-refractivity contribution in [3.63, 3.8) is 0 Å². The van der Waals surface area contributed by atoms with Crippen molar-refractivity contribution in [1.29, 1.82) is 0 Å². The molecule has 0 aliphatic heterocycles. The number of rotatable bonds is 1. The Morgan fingerprint density at radius 1 is 2.00 bits per heavy atom. The van der Waals surface area contributed by atoms with E-state index in [1.807, 2.05) is 0 Å². The summed E-state index contributed by atoms with van der Waals surface area (Å²) in [4.78, 5) is 0. The molecular weight excluding hydrogens is 146 g/mol. The third-order valence-electron chi connectivity index (χ3n) is 0.364. The van der Waals surface area contributed by atoms with Gasteiger partial charge in [0.25, 0.3) is 0 Å². The first-order chi connectivity index (χ1) is 2.81. The molecule has 0 unspecified atom stereocenters. The van der Waals surface area contributed by atoms with Gasteiger partial charge in [0.1, 0.15) is 0 Å². The summed E-state index contributed by atoms with van der Waals surface area (Å²) in [7, 11) is 0. The van der Waals surface area contributed by atoms with Crippen molar-refractivity contribution in [2.45, 2.75) is 6.92 Å². The highest BCUT2D eigenvalue weighted by molar-refractivity contribution is 9.09. The third-order valence-corrected chi connectivity index (χ3v) is 1.18. The van der Waals surface area contributed by atoms with Gasteiger partial charge in [-0.15, -0.1) is 0 Å². The quantitative estimate of drug-likeness (QED) is 0.260. The van der Waals surface area contributed by atoms with Gasteiger partial charge in [0, 0.05) is 5.33 Å². The van der Waals surface area contributed by atoms with Crippen LogP contribution in [0.4, 0.5) is 0 Å². The molecule has 0 aliphatic carbocycles. The molecule has 0 heterocycles. The summed E-state index contributed by atoms with van der Waals surface area (Å²) in [6, 6.07) is 0. The molecule has 0 radical (unpaired) electrons. The fraction of sp³-hybridized carbons (Fsp3) is 0.667. The van der Waals surface area contributed by atoms with Gasteiger partial charge in [0.05, 0.1) is 5.71 Å². The molecule has 0 aromatic heterocycles. The first kappa shape index (κ1) is 5.95. The second-order valence-electron chi connectivity index (χ2n) is 0.969. The fourth-order valence-corrected chi connectivity index (χ4v) is 0.139. The van der Waals surface area contributed by atoms with Crippen molar-refractivity contribution in [1.82, 2.24) is 0 Å². The lowest BCUT2D eigenvalue weighted by Gasteiger charge is -1.80. The lowest BCUT2D eigenvalue weighted by Crippen LogP contribution is -1.88. The van der Waals surface area contributed by atoms with E-state index in [1.54, 1.807) is 6.92 Å². The van der Waals surface area contributed by atoms with E-state index in [0.29, 0.717) is 11.0 Å². The van der Waals surface area contributed by atoms with Crippen molar-refractivity contribution >= 4 is 21.6 Å². The van der Waals surface area contributed by atoms with Gasteiger partial charge in [-0.1, -0.05) is 21.1 Å². The van der Waals surface area contributed by atoms with Crippen LogP contribution in [0.25, 0.3) is 0 Å². The summed E-state index contributed by atoms with van der Waals surface area (Å²) in [5, 5.41) is 11.4. The number of hydrogen-bond acceptors (Lipinski definition) is 2. The number of alkyl halides is 1. The highest BCUT2D eigenvalue weighted by Crippen LogP contribution is 1.81. The molecule has 36 valence electrons. The highest BCUT2D eigenvalue weighted by Gasteiger charge is 1.79. The van der Waals surface area contributed by atoms with E-state index < -0.39 is 0 Å². The van der Waals surface area contributed by atoms with E-state index in [1.165, 1.54) is 0 Å². The van der Waals surface area contributed by atoms with Gasteiger partial charge in [0.15, 0.2) is 0 Å². The van der Waals surface area contributed by atoms with Crippen molar-refractivity contribution < 1.29 is 5.21 Å². The standard InChI is InChI=1S/C3H6BrNO/c1-3(2-4)5-6/h6H,2H2,1H3/b5-3-. The molecule has 0 fully saturated rings. The Bertz CT molecular complexity index is 61.8. The van der Waals surface area contributed by atoms with Crippen LogP contribution in [0.2, 0.25) is 0 Å². The average molecular weight is 152 g/mol. The van der Waals surface area contributed by atoms with E-state index in [2.05, 4.69) is 21.1 Å². The summed E-state index contributed by atoms with van der Waals surface area (Å²) < 4.78 is 0. The smallest absolute Gasteiger partial charge is 0.0645 e. The molecule has 0 saturated heterocycles. The van der Waals surface area contributed by atoms with Crippen molar-refractivity contribution in [3.8, 4) is 0 Å². The normalized spacial score (nSPS) is 12.0. The first-order valence-electron chi connectivity index (χ1n) is 1.54. The molecule has 0 spiro atoms. The predicted molar refractivity (Wildman–Crippen MR) is 28.7 cm³/mol. The SMILES string of the molecule is C/C(CBr)=N/O. The van der Waals surface area contributed by atoms with E-state index in [9.17, 15) is 0 Å². The maximum Gasteiger partial charge on any atom is 0.0645 e. The van der Waals surface area contributed by atoms with Crippen LogP contribution < -0.4 is 0 Å². The first-order valence-corrected chi connectivity index (χ1v) is 2.67. The molecule has 0 rings (SSSR count). The molecule has 6 heavy (non-hydrogen) atoms. The minimum absolute atomic E-state index is 0.642. The lowest BCUT2D eigenvalue weighted by atomic mass is 10.5. The molecule has 0 amide bonds. The molecule has 0 aliphatic rings. The minimum Gasteiger partial charge on any atom is -0.411 e. The zero-order chi connectivity index (χ0) is 4.99. The van der Waals surface area contributed by atoms with Crippen LogP contribution in [0.3, 0.4) is 0 Å². The van der Waals surface area contributed by atoms with Gasteiger partial charge in [-0.2, -0.15) is 0 Å². The van der Waals surface area contributed by atoms with Crippen LogP contribution >= 0.6 is 15.9 Å². The maximum absolute atomic E-state index is 7.89. The monoisotopic (exact) mass is 151 g/mol. The zero-order valence-electron chi connectivity index (χ0n) is 3.48. The Labute approximate surface area is 45.0 Å². The van der Waals surface area contributed by atoms with E-state index in [4.69, 9.17) is 5.21 Å². The molecule has 1 N–H and O–H groups in total. The Morgan fingerprint density at radius 2 is 2.50 bits per heavy atom. The highest BCUT2D eigenvalue weighted by atomic mass is 79.9. The molecule has 3 heteroatoms. The van der Waals surface area contributed by atoms with E-state index >= 15 is 0 Å². The zero-order valence-corrected chi connectivity index (χ0v) is 5.07. The summed E-state index contributed by atoms with van der Waals surface area (Å²) in [5.41, 5.74) is 0.690.